The number of hydrogen-bond acceptors (Lipinski definition) is 2. The number of rotatable bonds is 3. The molecule has 1 aromatic rings. The largest absolute Gasteiger partial charge is 0.416 e. The van der Waals surface area contributed by atoms with Gasteiger partial charge in [-0.3, -0.25) is 0 Å². The van der Waals surface area contributed by atoms with E-state index in [0.29, 0.717) is 5.92 Å². The van der Waals surface area contributed by atoms with Crippen molar-refractivity contribution in [3.63, 3.8) is 0 Å². The molecule has 1 aliphatic carbocycles. The molecule has 1 fully saturated rings. The Kier molecular flexibility index (Phi) is 4.66. The van der Waals surface area contributed by atoms with E-state index in [1.54, 1.807) is 11.8 Å². The molecule has 106 valence electrons. The van der Waals surface area contributed by atoms with Crippen molar-refractivity contribution >= 4 is 17.4 Å². The first-order valence-corrected chi connectivity index (χ1v) is 7.55. The van der Waals surface area contributed by atoms with Gasteiger partial charge in [0.1, 0.15) is 0 Å². The third-order valence-electron chi connectivity index (χ3n) is 3.54. The average Bonchev–Trinajstić information content (AvgIpc) is 2.37. The molecule has 0 saturated heterocycles. The van der Waals surface area contributed by atoms with E-state index in [9.17, 15) is 13.2 Å². The molecule has 1 aliphatic rings. The van der Waals surface area contributed by atoms with Gasteiger partial charge in [0, 0.05) is 16.3 Å². The first kappa shape index (κ1) is 14.6. The topological polar surface area (TPSA) is 26.0 Å². The third-order valence-corrected chi connectivity index (χ3v) is 4.86. The number of nitrogen functional groups attached to an aromatic ring is 1. The van der Waals surface area contributed by atoms with Crippen LogP contribution in [-0.4, -0.2) is 5.75 Å². The number of benzene rings is 1. The summed E-state index contributed by atoms with van der Waals surface area (Å²) >= 11 is 1.58. The Morgan fingerprint density at radius 1 is 1.16 bits per heavy atom. The summed E-state index contributed by atoms with van der Waals surface area (Å²) in [7, 11) is 0. The molecule has 19 heavy (non-hydrogen) atoms. The van der Waals surface area contributed by atoms with Gasteiger partial charge in [0.05, 0.1) is 5.56 Å². The minimum absolute atomic E-state index is 0.232. The fourth-order valence-electron chi connectivity index (χ4n) is 2.42. The zero-order chi connectivity index (χ0) is 13.9. The molecule has 1 aromatic carbocycles. The van der Waals surface area contributed by atoms with Gasteiger partial charge in [0.25, 0.3) is 0 Å². The van der Waals surface area contributed by atoms with E-state index < -0.39 is 11.7 Å². The van der Waals surface area contributed by atoms with Crippen LogP contribution in [0, 0.1) is 5.92 Å². The SMILES string of the molecule is Nc1cc(C(F)(F)F)ccc1SCC1CCCCC1. The number of alkyl halides is 3. The van der Waals surface area contributed by atoms with Crippen LogP contribution >= 0.6 is 11.8 Å². The molecule has 0 radical (unpaired) electrons. The minimum atomic E-state index is -4.32. The highest BCUT2D eigenvalue weighted by atomic mass is 32.2. The Hall–Kier alpha value is -0.840. The van der Waals surface area contributed by atoms with Crippen molar-refractivity contribution in [2.75, 3.05) is 11.5 Å². The maximum atomic E-state index is 12.5. The first-order chi connectivity index (χ1) is 8.97. The van der Waals surface area contributed by atoms with Gasteiger partial charge < -0.3 is 5.73 Å². The van der Waals surface area contributed by atoms with E-state index in [4.69, 9.17) is 5.73 Å². The fraction of sp³-hybridized carbons (Fsp3) is 0.571. The van der Waals surface area contributed by atoms with Crippen LogP contribution in [0.3, 0.4) is 0 Å². The Morgan fingerprint density at radius 2 is 1.84 bits per heavy atom. The van der Waals surface area contributed by atoms with E-state index in [1.165, 1.54) is 38.2 Å². The molecule has 1 nitrogen and oxygen atoms in total. The number of hydrogen-bond donors (Lipinski definition) is 1. The summed E-state index contributed by atoms with van der Waals surface area (Å²) in [4.78, 5) is 0.763. The first-order valence-electron chi connectivity index (χ1n) is 6.56. The third kappa shape index (κ3) is 4.06. The van der Waals surface area contributed by atoms with Crippen LogP contribution in [0.5, 0.6) is 0 Å². The number of thioether (sulfide) groups is 1. The molecule has 2 N–H and O–H groups in total. The zero-order valence-electron chi connectivity index (χ0n) is 10.7. The monoisotopic (exact) mass is 289 g/mol. The van der Waals surface area contributed by atoms with Crippen molar-refractivity contribution in [3.05, 3.63) is 23.8 Å². The number of halogens is 3. The van der Waals surface area contributed by atoms with E-state index in [2.05, 4.69) is 0 Å². The molecular weight excluding hydrogens is 271 g/mol. The molecule has 0 aromatic heterocycles. The van der Waals surface area contributed by atoms with Gasteiger partial charge in [-0.1, -0.05) is 19.3 Å². The highest BCUT2D eigenvalue weighted by Crippen LogP contribution is 2.36. The van der Waals surface area contributed by atoms with Gasteiger partial charge in [-0.25, -0.2) is 0 Å². The highest BCUT2D eigenvalue weighted by Gasteiger charge is 2.30. The number of anilines is 1. The Labute approximate surface area is 115 Å². The highest BCUT2D eigenvalue weighted by molar-refractivity contribution is 7.99. The van der Waals surface area contributed by atoms with E-state index in [0.717, 1.165) is 22.8 Å². The van der Waals surface area contributed by atoms with Gasteiger partial charge in [-0.2, -0.15) is 13.2 Å². The lowest BCUT2D eigenvalue weighted by Gasteiger charge is -2.21. The fourth-order valence-corrected chi connectivity index (χ4v) is 3.56. The van der Waals surface area contributed by atoms with Crippen LogP contribution in [-0.2, 0) is 6.18 Å². The molecule has 0 bridgehead atoms. The minimum Gasteiger partial charge on any atom is -0.398 e. The van der Waals surface area contributed by atoms with E-state index in [-0.39, 0.29) is 5.69 Å². The lowest BCUT2D eigenvalue weighted by Crippen LogP contribution is -2.09. The molecule has 0 heterocycles. The quantitative estimate of drug-likeness (QED) is 0.628. The van der Waals surface area contributed by atoms with Crippen LogP contribution in [0.15, 0.2) is 23.1 Å². The van der Waals surface area contributed by atoms with Crippen LogP contribution in [0.4, 0.5) is 18.9 Å². The maximum absolute atomic E-state index is 12.5. The molecule has 5 heteroatoms. The maximum Gasteiger partial charge on any atom is 0.416 e. The molecule has 0 atom stereocenters. The normalized spacial score (nSPS) is 17.6. The van der Waals surface area contributed by atoms with Gasteiger partial charge in [-0.15, -0.1) is 11.8 Å². The van der Waals surface area contributed by atoms with Crippen molar-refractivity contribution in [1.29, 1.82) is 0 Å². The summed E-state index contributed by atoms with van der Waals surface area (Å²) in [5, 5.41) is 0. The second-order valence-electron chi connectivity index (χ2n) is 5.07. The van der Waals surface area contributed by atoms with Crippen LogP contribution < -0.4 is 5.73 Å². The Balaban J connectivity index is 1.97. The van der Waals surface area contributed by atoms with Gasteiger partial charge >= 0.3 is 6.18 Å². The average molecular weight is 289 g/mol. The Morgan fingerprint density at radius 3 is 2.42 bits per heavy atom. The molecule has 2 rings (SSSR count). The number of nitrogens with two attached hydrogens (primary N) is 1. The van der Waals surface area contributed by atoms with Crippen molar-refractivity contribution < 1.29 is 13.2 Å². The van der Waals surface area contributed by atoms with Crippen LogP contribution in [0.2, 0.25) is 0 Å². The molecule has 0 spiro atoms. The predicted molar refractivity (Wildman–Crippen MR) is 73.2 cm³/mol. The van der Waals surface area contributed by atoms with E-state index >= 15 is 0 Å². The molecule has 0 unspecified atom stereocenters. The zero-order valence-corrected chi connectivity index (χ0v) is 11.5. The molecule has 1 saturated carbocycles. The summed E-state index contributed by atoms with van der Waals surface area (Å²) in [6.45, 7) is 0. The lowest BCUT2D eigenvalue weighted by atomic mass is 9.91. The standard InChI is InChI=1S/C14H18F3NS/c15-14(16,17)11-6-7-13(12(18)8-11)19-9-10-4-2-1-3-5-10/h6-8,10H,1-5,9,18H2. The Bertz CT molecular complexity index is 425. The van der Waals surface area contributed by atoms with Gasteiger partial charge in [0.15, 0.2) is 0 Å². The predicted octanol–water partition coefficient (Wildman–Crippen LogP) is 4.96. The second kappa shape index (κ2) is 6.07. The summed E-state index contributed by atoms with van der Waals surface area (Å²) < 4.78 is 37.5. The van der Waals surface area contributed by atoms with Crippen LogP contribution in [0.1, 0.15) is 37.7 Å². The van der Waals surface area contributed by atoms with Crippen molar-refractivity contribution in [1.82, 2.24) is 0 Å². The van der Waals surface area contributed by atoms with Gasteiger partial charge in [-0.05, 0) is 37.0 Å². The summed E-state index contributed by atoms with van der Waals surface area (Å²) in [6, 6.07) is 3.63. The molecule has 0 aliphatic heterocycles. The molecule has 0 amide bonds. The summed E-state index contributed by atoms with van der Waals surface area (Å²) in [5.41, 5.74) is 5.27. The lowest BCUT2D eigenvalue weighted by molar-refractivity contribution is -0.137. The smallest absolute Gasteiger partial charge is 0.398 e. The second-order valence-corrected chi connectivity index (χ2v) is 6.13. The summed E-state index contributed by atoms with van der Waals surface area (Å²) in [6.07, 6.45) is 1.99. The molecular formula is C14H18F3NS. The van der Waals surface area contributed by atoms with Crippen molar-refractivity contribution in [2.24, 2.45) is 5.92 Å². The van der Waals surface area contributed by atoms with Crippen molar-refractivity contribution in [3.8, 4) is 0 Å². The van der Waals surface area contributed by atoms with Crippen molar-refractivity contribution in [2.45, 2.75) is 43.2 Å². The van der Waals surface area contributed by atoms with Crippen LogP contribution in [0.25, 0.3) is 0 Å². The van der Waals surface area contributed by atoms with E-state index in [1.807, 2.05) is 0 Å². The van der Waals surface area contributed by atoms with Gasteiger partial charge in [0.2, 0.25) is 0 Å². The summed E-state index contributed by atoms with van der Waals surface area (Å²) in [5.74, 6) is 1.63.